The summed E-state index contributed by atoms with van der Waals surface area (Å²) in [5.41, 5.74) is -0.0186. The highest BCUT2D eigenvalue weighted by atomic mass is 35.5. The molecule has 0 saturated carbocycles. The molecule has 2 rings (SSSR count). The van der Waals surface area contributed by atoms with Gasteiger partial charge in [-0.05, 0) is 35.9 Å². The minimum Gasteiger partial charge on any atom is -0.388 e. The third-order valence-corrected chi connectivity index (χ3v) is 2.98. The monoisotopic (exact) mass is 286 g/mol. The molecule has 2 aromatic rings. The number of benzene rings is 2. The van der Waals surface area contributed by atoms with Crippen molar-refractivity contribution in [2.24, 2.45) is 0 Å². The largest absolute Gasteiger partial charge is 0.388 e. The van der Waals surface area contributed by atoms with E-state index in [1.807, 2.05) is 0 Å². The van der Waals surface area contributed by atoms with Crippen molar-refractivity contribution in [3.63, 3.8) is 0 Å². The smallest absolute Gasteiger partial charge is 0.129 e. The summed E-state index contributed by atoms with van der Waals surface area (Å²) in [5, 5.41) is 10.1. The first-order valence-electron chi connectivity index (χ1n) is 5.54. The third kappa shape index (κ3) is 3.28. The Bertz CT molecular complexity index is 601. The molecule has 1 N–H and O–H groups in total. The van der Waals surface area contributed by atoms with Crippen LogP contribution in [-0.4, -0.2) is 5.11 Å². The van der Waals surface area contributed by atoms with E-state index in [1.54, 1.807) is 0 Å². The van der Waals surface area contributed by atoms with E-state index in [-0.39, 0.29) is 22.6 Å². The SMILES string of the molecule is OC(Cc1ccc(Cl)cc1F)c1cc(F)ccc1F. The highest BCUT2D eigenvalue weighted by Gasteiger charge is 2.16. The van der Waals surface area contributed by atoms with Crippen LogP contribution < -0.4 is 0 Å². The van der Waals surface area contributed by atoms with Gasteiger partial charge in [-0.1, -0.05) is 17.7 Å². The molecule has 0 radical (unpaired) electrons. The Morgan fingerprint density at radius 2 is 1.74 bits per heavy atom. The zero-order valence-corrected chi connectivity index (χ0v) is 10.5. The summed E-state index contributed by atoms with van der Waals surface area (Å²) in [6.07, 6.45) is -1.49. The third-order valence-electron chi connectivity index (χ3n) is 2.75. The predicted octanol–water partition coefficient (Wildman–Crippen LogP) is 4.03. The molecule has 0 bridgehead atoms. The van der Waals surface area contributed by atoms with Gasteiger partial charge in [-0.3, -0.25) is 0 Å². The van der Waals surface area contributed by atoms with E-state index in [0.29, 0.717) is 0 Å². The van der Waals surface area contributed by atoms with Crippen LogP contribution in [0.15, 0.2) is 36.4 Å². The summed E-state index contributed by atoms with van der Waals surface area (Å²) < 4.78 is 40.0. The Balaban J connectivity index is 2.25. The molecule has 2 aromatic carbocycles. The molecule has 0 aliphatic rings. The Morgan fingerprint density at radius 3 is 2.42 bits per heavy atom. The molecule has 1 atom stereocenters. The molecule has 5 heteroatoms. The zero-order chi connectivity index (χ0) is 14.0. The average Bonchev–Trinajstić information content (AvgIpc) is 2.35. The standard InChI is InChI=1S/C14H10ClF3O/c15-9-2-1-8(13(18)6-9)5-14(19)11-7-10(16)3-4-12(11)17/h1-4,6-7,14,19H,5H2. The van der Waals surface area contributed by atoms with Crippen molar-refractivity contribution in [2.45, 2.75) is 12.5 Å². The molecule has 0 spiro atoms. The predicted molar refractivity (Wildman–Crippen MR) is 66.4 cm³/mol. The van der Waals surface area contributed by atoms with Crippen LogP contribution in [0, 0.1) is 17.5 Å². The molecule has 1 unspecified atom stereocenters. The normalized spacial score (nSPS) is 12.5. The molecule has 1 nitrogen and oxygen atoms in total. The minimum atomic E-state index is -1.33. The van der Waals surface area contributed by atoms with Crippen LogP contribution in [0.4, 0.5) is 13.2 Å². The van der Waals surface area contributed by atoms with Crippen LogP contribution in [0.1, 0.15) is 17.2 Å². The van der Waals surface area contributed by atoms with E-state index in [0.717, 1.165) is 24.3 Å². The maximum Gasteiger partial charge on any atom is 0.129 e. The van der Waals surface area contributed by atoms with Gasteiger partial charge in [-0.25, -0.2) is 13.2 Å². The first kappa shape index (κ1) is 13.9. The second-order valence-electron chi connectivity index (χ2n) is 4.12. The highest BCUT2D eigenvalue weighted by molar-refractivity contribution is 6.30. The van der Waals surface area contributed by atoms with Gasteiger partial charge in [0.15, 0.2) is 0 Å². The van der Waals surface area contributed by atoms with Gasteiger partial charge in [0, 0.05) is 17.0 Å². The fourth-order valence-electron chi connectivity index (χ4n) is 1.78. The van der Waals surface area contributed by atoms with Crippen molar-refractivity contribution in [1.29, 1.82) is 0 Å². The summed E-state index contributed by atoms with van der Waals surface area (Å²) in [4.78, 5) is 0. The van der Waals surface area contributed by atoms with Crippen molar-refractivity contribution < 1.29 is 18.3 Å². The number of aliphatic hydroxyl groups is 1. The van der Waals surface area contributed by atoms with Crippen LogP contribution in [0.5, 0.6) is 0 Å². The molecule has 0 aliphatic heterocycles. The number of aliphatic hydroxyl groups excluding tert-OH is 1. The van der Waals surface area contributed by atoms with Gasteiger partial charge in [0.2, 0.25) is 0 Å². The van der Waals surface area contributed by atoms with Crippen molar-refractivity contribution in [2.75, 3.05) is 0 Å². The lowest BCUT2D eigenvalue weighted by Gasteiger charge is -2.13. The van der Waals surface area contributed by atoms with E-state index in [9.17, 15) is 18.3 Å². The van der Waals surface area contributed by atoms with Gasteiger partial charge < -0.3 is 5.11 Å². The second kappa shape index (κ2) is 5.63. The van der Waals surface area contributed by atoms with E-state index < -0.39 is 23.6 Å². The number of rotatable bonds is 3. The molecular weight excluding hydrogens is 277 g/mol. The van der Waals surface area contributed by atoms with Crippen LogP contribution in [0.2, 0.25) is 5.02 Å². The van der Waals surface area contributed by atoms with Gasteiger partial charge in [0.05, 0.1) is 6.10 Å². The van der Waals surface area contributed by atoms with E-state index in [2.05, 4.69) is 0 Å². The fourth-order valence-corrected chi connectivity index (χ4v) is 1.93. The quantitative estimate of drug-likeness (QED) is 0.903. The van der Waals surface area contributed by atoms with Crippen LogP contribution in [0.3, 0.4) is 0 Å². The number of hydrogen-bond donors (Lipinski definition) is 1. The molecule has 0 amide bonds. The van der Waals surface area contributed by atoms with Crippen molar-refractivity contribution >= 4 is 11.6 Å². The Kier molecular flexibility index (Phi) is 4.12. The Labute approximate surface area is 113 Å². The van der Waals surface area contributed by atoms with Gasteiger partial charge in [-0.2, -0.15) is 0 Å². The summed E-state index contributed by atoms with van der Waals surface area (Å²) in [6, 6.07) is 6.74. The molecule has 0 aliphatic carbocycles. The molecule has 19 heavy (non-hydrogen) atoms. The highest BCUT2D eigenvalue weighted by Crippen LogP contribution is 2.24. The Hall–Kier alpha value is -1.52. The van der Waals surface area contributed by atoms with Crippen molar-refractivity contribution in [1.82, 2.24) is 0 Å². The summed E-state index contributed by atoms with van der Waals surface area (Å²) >= 11 is 5.60. The summed E-state index contributed by atoms with van der Waals surface area (Å²) in [7, 11) is 0. The van der Waals surface area contributed by atoms with E-state index in [4.69, 9.17) is 11.6 Å². The average molecular weight is 287 g/mol. The van der Waals surface area contributed by atoms with Crippen molar-refractivity contribution in [3.8, 4) is 0 Å². The van der Waals surface area contributed by atoms with E-state index in [1.165, 1.54) is 12.1 Å². The van der Waals surface area contributed by atoms with E-state index >= 15 is 0 Å². The zero-order valence-electron chi connectivity index (χ0n) is 9.71. The number of halogens is 4. The van der Waals surface area contributed by atoms with Crippen LogP contribution in [-0.2, 0) is 6.42 Å². The maximum atomic E-state index is 13.5. The lowest BCUT2D eigenvalue weighted by atomic mass is 10.0. The second-order valence-corrected chi connectivity index (χ2v) is 4.56. The molecule has 0 heterocycles. The maximum absolute atomic E-state index is 13.5. The summed E-state index contributed by atoms with van der Waals surface area (Å²) in [5.74, 6) is -1.99. The van der Waals surface area contributed by atoms with Gasteiger partial charge >= 0.3 is 0 Å². The molecule has 0 saturated heterocycles. The lowest BCUT2D eigenvalue weighted by molar-refractivity contribution is 0.172. The number of hydrogen-bond acceptors (Lipinski definition) is 1. The molecule has 0 fully saturated rings. The van der Waals surface area contributed by atoms with Crippen LogP contribution >= 0.6 is 11.6 Å². The van der Waals surface area contributed by atoms with Gasteiger partial charge in [0.1, 0.15) is 17.5 Å². The summed E-state index contributed by atoms with van der Waals surface area (Å²) in [6.45, 7) is 0. The molecule has 0 aromatic heterocycles. The molecular formula is C14H10ClF3O. The van der Waals surface area contributed by atoms with Crippen LogP contribution in [0.25, 0.3) is 0 Å². The van der Waals surface area contributed by atoms with Gasteiger partial charge in [-0.15, -0.1) is 0 Å². The Morgan fingerprint density at radius 1 is 1.00 bits per heavy atom. The fraction of sp³-hybridized carbons (Fsp3) is 0.143. The first-order valence-corrected chi connectivity index (χ1v) is 5.92. The minimum absolute atomic E-state index is 0.163. The lowest BCUT2D eigenvalue weighted by Crippen LogP contribution is -2.06. The van der Waals surface area contributed by atoms with Gasteiger partial charge in [0.25, 0.3) is 0 Å². The first-order chi connectivity index (χ1) is 8.97. The van der Waals surface area contributed by atoms with Crippen molar-refractivity contribution in [3.05, 3.63) is 70.0 Å². The molecule has 100 valence electrons. The topological polar surface area (TPSA) is 20.2 Å².